The van der Waals surface area contributed by atoms with Crippen molar-refractivity contribution in [1.29, 1.82) is 0 Å². The number of nitrogens with zero attached hydrogens (tertiary/aromatic N) is 1. The molecular weight excluding hydrogens is 296 g/mol. The molecule has 0 radical (unpaired) electrons. The van der Waals surface area contributed by atoms with Gasteiger partial charge in [-0.1, -0.05) is 0 Å². The molecule has 2 fully saturated rings. The number of rotatable bonds is 4. The van der Waals surface area contributed by atoms with Crippen LogP contribution in [-0.4, -0.2) is 79.8 Å². The Hall–Kier alpha value is -0.700. The van der Waals surface area contributed by atoms with Gasteiger partial charge in [0.1, 0.15) is 0 Å². The minimum atomic E-state index is -2.99. The molecule has 0 aromatic rings. The number of carbonyl (C=O) groups excluding carboxylic acids is 1. The average Bonchev–Trinajstić information content (AvgIpc) is 2.66. The summed E-state index contributed by atoms with van der Waals surface area (Å²) < 4.78 is 28.4. The van der Waals surface area contributed by atoms with Crippen LogP contribution in [0.3, 0.4) is 0 Å². The van der Waals surface area contributed by atoms with E-state index in [1.165, 1.54) is 0 Å². The molecule has 8 heteroatoms. The maximum Gasteiger partial charge on any atom is 0.234 e. The number of aliphatic hydroxyl groups excluding tert-OH is 1. The fraction of sp³-hybridized carbons (Fsp3) is 0.923. The first-order valence-electron chi connectivity index (χ1n) is 7.20. The van der Waals surface area contributed by atoms with Gasteiger partial charge in [-0.15, -0.1) is 0 Å². The van der Waals surface area contributed by atoms with E-state index in [1.807, 2.05) is 18.7 Å². The van der Waals surface area contributed by atoms with Crippen molar-refractivity contribution in [3.05, 3.63) is 0 Å². The Morgan fingerprint density at radius 1 is 1.48 bits per heavy atom. The molecule has 0 spiro atoms. The molecule has 2 rings (SSSR count). The van der Waals surface area contributed by atoms with Crippen molar-refractivity contribution in [3.63, 3.8) is 0 Å². The highest BCUT2D eigenvalue weighted by Crippen LogP contribution is 2.20. The Bertz CT molecular complexity index is 491. The Labute approximate surface area is 125 Å². The van der Waals surface area contributed by atoms with E-state index >= 15 is 0 Å². The summed E-state index contributed by atoms with van der Waals surface area (Å²) in [5.41, 5.74) is -0.414. The molecule has 21 heavy (non-hydrogen) atoms. The van der Waals surface area contributed by atoms with Crippen LogP contribution in [0.1, 0.15) is 20.3 Å². The molecule has 2 N–H and O–H groups in total. The maximum absolute atomic E-state index is 12.0. The first kappa shape index (κ1) is 16.7. The zero-order valence-electron chi connectivity index (χ0n) is 12.5. The lowest BCUT2D eigenvalue weighted by molar-refractivity contribution is -0.153. The van der Waals surface area contributed by atoms with Crippen LogP contribution < -0.4 is 5.32 Å². The number of aliphatic hydroxyl groups is 1. The monoisotopic (exact) mass is 320 g/mol. The molecule has 0 bridgehead atoms. The highest BCUT2D eigenvalue weighted by Gasteiger charge is 2.34. The Morgan fingerprint density at radius 3 is 2.76 bits per heavy atom. The molecular formula is C13H24N2O5S. The first-order chi connectivity index (χ1) is 9.69. The Kier molecular flexibility index (Phi) is 4.92. The number of hydrogen-bond acceptors (Lipinski definition) is 6. The van der Waals surface area contributed by atoms with Crippen LogP contribution in [0.4, 0.5) is 0 Å². The number of amides is 1. The lowest BCUT2D eigenvalue weighted by Crippen LogP contribution is -2.56. The van der Waals surface area contributed by atoms with Crippen LogP contribution >= 0.6 is 0 Å². The van der Waals surface area contributed by atoms with Crippen molar-refractivity contribution in [1.82, 2.24) is 10.2 Å². The van der Waals surface area contributed by atoms with Crippen molar-refractivity contribution in [2.75, 3.05) is 37.7 Å². The van der Waals surface area contributed by atoms with Gasteiger partial charge in [0, 0.05) is 19.1 Å². The molecule has 0 aromatic carbocycles. The minimum Gasteiger partial charge on any atom is -0.394 e. The number of morpholine rings is 1. The standard InChI is InChI=1S/C13H24N2O5S/c1-13(2)9-15(5-11(7-16)20-13)6-12(17)14-10-3-4-21(18,19)8-10/h10-11,16H,3-9H2,1-2H3,(H,14,17). The van der Waals surface area contributed by atoms with Gasteiger partial charge in [-0.25, -0.2) is 8.42 Å². The number of carbonyl (C=O) groups is 1. The second-order valence-electron chi connectivity index (χ2n) is 6.52. The second kappa shape index (κ2) is 6.20. The average molecular weight is 320 g/mol. The number of sulfone groups is 1. The normalized spacial score (nSPS) is 32.0. The van der Waals surface area contributed by atoms with Crippen LogP contribution in [0.2, 0.25) is 0 Å². The highest BCUT2D eigenvalue weighted by atomic mass is 32.2. The largest absolute Gasteiger partial charge is 0.394 e. The summed E-state index contributed by atoms with van der Waals surface area (Å²) in [6.07, 6.45) is 0.190. The minimum absolute atomic E-state index is 0.0343. The third-order valence-corrected chi connectivity index (χ3v) is 5.49. The topological polar surface area (TPSA) is 95.9 Å². The SMILES string of the molecule is CC1(C)CN(CC(=O)NC2CCS(=O)(=O)C2)CC(CO)O1. The van der Waals surface area contributed by atoms with Crippen LogP contribution in [0, 0.1) is 0 Å². The van der Waals surface area contributed by atoms with Gasteiger partial charge in [0.2, 0.25) is 5.91 Å². The predicted molar refractivity (Wildman–Crippen MR) is 77.7 cm³/mol. The van der Waals surface area contributed by atoms with Gasteiger partial charge in [-0.2, -0.15) is 0 Å². The molecule has 2 unspecified atom stereocenters. The molecule has 122 valence electrons. The van der Waals surface area contributed by atoms with E-state index in [9.17, 15) is 18.3 Å². The van der Waals surface area contributed by atoms with Crippen molar-refractivity contribution in [2.45, 2.75) is 38.0 Å². The fourth-order valence-corrected chi connectivity index (χ4v) is 4.69. The zero-order valence-corrected chi connectivity index (χ0v) is 13.4. The molecule has 0 aromatic heterocycles. The van der Waals surface area contributed by atoms with E-state index in [2.05, 4.69) is 5.32 Å². The van der Waals surface area contributed by atoms with E-state index in [1.54, 1.807) is 0 Å². The van der Waals surface area contributed by atoms with Crippen molar-refractivity contribution < 1.29 is 23.1 Å². The van der Waals surface area contributed by atoms with Crippen LogP contribution in [0.25, 0.3) is 0 Å². The summed E-state index contributed by atoms with van der Waals surface area (Å²) in [5, 5.41) is 12.0. The predicted octanol–water partition coefficient (Wildman–Crippen LogP) is -1.24. The summed E-state index contributed by atoms with van der Waals surface area (Å²) in [4.78, 5) is 14.0. The molecule has 0 saturated carbocycles. The third kappa shape index (κ3) is 4.91. The lowest BCUT2D eigenvalue weighted by Gasteiger charge is -2.42. The highest BCUT2D eigenvalue weighted by molar-refractivity contribution is 7.91. The van der Waals surface area contributed by atoms with Gasteiger partial charge >= 0.3 is 0 Å². The molecule has 2 heterocycles. The van der Waals surface area contributed by atoms with E-state index in [0.29, 0.717) is 19.5 Å². The molecule has 7 nitrogen and oxygen atoms in total. The number of hydrogen-bond donors (Lipinski definition) is 2. The summed E-state index contributed by atoms with van der Waals surface area (Å²) in [6, 6.07) is -0.273. The van der Waals surface area contributed by atoms with E-state index in [0.717, 1.165) is 0 Å². The van der Waals surface area contributed by atoms with Crippen molar-refractivity contribution in [2.24, 2.45) is 0 Å². The molecule has 2 saturated heterocycles. The summed E-state index contributed by atoms with van der Waals surface area (Å²) in [5.74, 6) is 0.00772. The number of nitrogens with one attached hydrogen (secondary N) is 1. The van der Waals surface area contributed by atoms with E-state index in [4.69, 9.17) is 4.74 Å². The fourth-order valence-electron chi connectivity index (χ4n) is 3.02. The third-order valence-electron chi connectivity index (χ3n) is 3.72. The first-order valence-corrected chi connectivity index (χ1v) is 9.02. The summed E-state index contributed by atoms with van der Waals surface area (Å²) in [7, 11) is -2.99. The zero-order chi connectivity index (χ0) is 15.7. The molecule has 2 atom stereocenters. The van der Waals surface area contributed by atoms with Gasteiger partial charge in [0.25, 0.3) is 0 Å². The molecule has 2 aliphatic rings. The molecule has 0 aliphatic carbocycles. The summed E-state index contributed by atoms with van der Waals surface area (Å²) in [6.45, 7) is 5.05. The maximum atomic E-state index is 12.0. The van der Waals surface area contributed by atoms with Gasteiger partial charge < -0.3 is 15.2 Å². The van der Waals surface area contributed by atoms with E-state index < -0.39 is 15.4 Å². The van der Waals surface area contributed by atoms with Crippen LogP contribution in [0.5, 0.6) is 0 Å². The van der Waals surface area contributed by atoms with Crippen LogP contribution in [-0.2, 0) is 19.4 Å². The Morgan fingerprint density at radius 2 is 2.19 bits per heavy atom. The molecule has 2 aliphatic heterocycles. The van der Waals surface area contributed by atoms with Gasteiger partial charge in [-0.05, 0) is 20.3 Å². The van der Waals surface area contributed by atoms with Crippen LogP contribution in [0.15, 0.2) is 0 Å². The smallest absolute Gasteiger partial charge is 0.234 e. The quantitative estimate of drug-likeness (QED) is 0.673. The van der Waals surface area contributed by atoms with Gasteiger partial charge in [0.05, 0.1) is 36.4 Å². The van der Waals surface area contributed by atoms with Gasteiger partial charge in [0.15, 0.2) is 9.84 Å². The summed E-state index contributed by atoms with van der Waals surface area (Å²) >= 11 is 0. The Balaban J connectivity index is 1.84. The molecule has 1 amide bonds. The lowest BCUT2D eigenvalue weighted by atomic mass is 10.1. The second-order valence-corrected chi connectivity index (χ2v) is 8.75. The number of ether oxygens (including phenoxy) is 1. The van der Waals surface area contributed by atoms with E-state index in [-0.39, 0.29) is 42.7 Å². The van der Waals surface area contributed by atoms with Crippen molar-refractivity contribution in [3.8, 4) is 0 Å². The van der Waals surface area contributed by atoms with Gasteiger partial charge in [-0.3, -0.25) is 9.69 Å². The van der Waals surface area contributed by atoms with Crippen molar-refractivity contribution >= 4 is 15.7 Å².